The second-order valence-corrected chi connectivity index (χ2v) is 7.70. The van der Waals surface area contributed by atoms with Crippen LogP contribution in [0.1, 0.15) is 21.5 Å². The monoisotopic (exact) mass is 439 g/mol. The molecular weight excluding hydrogens is 414 g/mol. The van der Waals surface area contributed by atoms with Gasteiger partial charge in [0.1, 0.15) is 0 Å². The van der Waals surface area contributed by atoms with Crippen molar-refractivity contribution in [2.45, 2.75) is 13.3 Å². The maximum Gasteiger partial charge on any atom is 0.257 e. The lowest BCUT2D eigenvalue weighted by atomic mass is 9.98. The van der Waals surface area contributed by atoms with Crippen LogP contribution in [-0.2, 0) is 6.42 Å². The lowest BCUT2D eigenvalue weighted by molar-refractivity contribution is 0.102. The largest absolute Gasteiger partial charge is 0.481 e. The highest BCUT2D eigenvalue weighted by atomic mass is 16.5. The minimum atomic E-state index is -0.254. The molecule has 1 amide bonds. The number of anilines is 1. The molecule has 0 aliphatic rings. The van der Waals surface area contributed by atoms with Crippen LogP contribution in [-0.4, -0.2) is 34.7 Å². The van der Waals surface area contributed by atoms with Crippen LogP contribution in [0.4, 0.5) is 5.69 Å². The normalized spacial score (nSPS) is 10.6. The summed E-state index contributed by atoms with van der Waals surface area (Å²) in [5.74, 6) is 0.262. The number of hydrogen-bond acceptors (Lipinski definition) is 5. The molecule has 2 aromatic heterocycles. The number of benzene rings is 2. The molecule has 4 rings (SSSR count). The Hall–Kier alpha value is -4.03. The third-order valence-electron chi connectivity index (χ3n) is 5.31. The summed E-state index contributed by atoms with van der Waals surface area (Å²) in [5, 5.41) is 12.0. The molecule has 2 N–H and O–H groups in total. The van der Waals surface area contributed by atoms with Crippen molar-refractivity contribution >= 4 is 11.6 Å². The highest BCUT2D eigenvalue weighted by Crippen LogP contribution is 2.32. The van der Waals surface area contributed by atoms with Crippen molar-refractivity contribution in [3.63, 3.8) is 0 Å². The molecule has 33 heavy (non-hydrogen) atoms. The van der Waals surface area contributed by atoms with Crippen LogP contribution in [0.15, 0.2) is 79.1 Å². The third kappa shape index (κ3) is 5.25. The molecule has 4 aromatic rings. The lowest BCUT2D eigenvalue weighted by Gasteiger charge is -2.13. The Morgan fingerprint density at radius 2 is 1.79 bits per heavy atom. The van der Waals surface area contributed by atoms with Crippen molar-refractivity contribution in [1.29, 1.82) is 0 Å². The van der Waals surface area contributed by atoms with Gasteiger partial charge < -0.3 is 15.2 Å². The van der Waals surface area contributed by atoms with Crippen molar-refractivity contribution < 1.29 is 14.6 Å². The number of nitrogens with one attached hydrogen (secondary N) is 1. The van der Waals surface area contributed by atoms with E-state index in [-0.39, 0.29) is 12.5 Å². The number of aryl methyl sites for hydroxylation is 1. The number of ether oxygens (including phenoxy) is 1. The molecule has 0 fully saturated rings. The zero-order valence-corrected chi connectivity index (χ0v) is 18.6. The van der Waals surface area contributed by atoms with Gasteiger partial charge in [0.2, 0.25) is 5.88 Å². The molecule has 166 valence electrons. The Morgan fingerprint density at radius 1 is 0.970 bits per heavy atom. The zero-order valence-electron chi connectivity index (χ0n) is 18.6. The van der Waals surface area contributed by atoms with E-state index in [1.165, 1.54) is 0 Å². The quantitative estimate of drug-likeness (QED) is 0.427. The minimum absolute atomic E-state index is 0.0909. The minimum Gasteiger partial charge on any atom is -0.481 e. The molecular formula is C27H25N3O3. The molecule has 2 aromatic carbocycles. The van der Waals surface area contributed by atoms with Gasteiger partial charge in [-0.1, -0.05) is 35.9 Å². The van der Waals surface area contributed by atoms with Crippen LogP contribution in [0, 0.1) is 6.92 Å². The summed E-state index contributed by atoms with van der Waals surface area (Å²) < 4.78 is 5.18. The van der Waals surface area contributed by atoms with Crippen LogP contribution in [0.5, 0.6) is 5.88 Å². The molecule has 0 unspecified atom stereocenters. The van der Waals surface area contributed by atoms with Gasteiger partial charge >= 0.3 is 0 Å². The SMILES string of the molecule is COc1ccc(-c2cc(C(=O)Nc3ccc(CCO)cc3)cnc2-c2cccc(C)c2)cn1. The first-order valence-corrected chi connectivity index (χ1v) is 10.7. The predicted octanol–water partition coefficient (Wildman–Crippen LogP) is 4.91. The number of carbonyl (C=O) groups excluding carboxylic acids is 1. The second kappa shape index (κ2) is 10.1. The van der Waals surface area contributed by atoms with Crippen molar-refractivity contribution in [3.05, 3.63) is 95.8 Å². The van der Waals surface area contributed by atoms with Crippen molar-refractivity contribution in [2.75, 3.05) is 19.0 Å². The number of hydrogen-bond donors (Lipinski definition) is 2. The van der Waals surface area contributed by atoms with Gasteiger partial charge in [-0.15, -0.1) is 0 Å². The van der Waals surface area contributed by atoms with E-state index in [0.29, 0.717) is 23.6 Å². The number of nitrogens with zero attached hydrogens (tertiary/aromatic N) is 2. The smallest absolute Gasteiger partial charge is 0.257 e. The number of rotatable bonds is 7. The third-order valence-corrected chi connectivity index (χ3v) is 5.31. The summed E-state index contributed by atoms with van der Waals surface area (Å²) in [6.45, 7) is 2.12. The molecule has 0 saturated heterocycles. The van der Waals surface area contributed by atoms with Crippen LogP contribution >= 0.6 is 0 Å². The summed E-state index contributed by atoms with van der Waals surface area (Å²) in [4.78, 5) is 22.0. The van der Waals surface area contributed by atoms with E-state index in [2.05, 4.69) is 21.4 Å². The van der Waals surface area contributed by atoms with E-state index in [1.807, 2.05) is 61.5 Å². The Labute approximate surface area is 192 Å². The Kier molecular flexibility index (Phi) is 6.76. The van der Waals surface area contributed by atoms with Crippen LogP contribution in [0.25, 0.3) is 22.4 Å². The molecule has 0 aliphatic carbocycles. The second-order valence-electron chi connectivity index (χ2n) is 7.70. The van der Waals surface area contributed by atoms with Gasteiger partial charge in [0, 0.05) is 47.4 Å². The molecule has 2 heterocycles. The summed E-state index contributed by atoms with van der Waals surface area (Å²) in [7, 11) is 1.57. The van der Waals surface area contributed by atoms with E-state index in [1.54, 1.807) is 25.6 Å². The summed E-state index contributed by atoms with van der Waals surface area (Å²) in [6.07, 6.45) is 3.89. The molecule has 0 spiro atoms. The average Bonchev–Trinajstić information content (AvgIpc) is 2.85. The summed E-state index contributed by atoms with van der Waals surface area (Å²) in [6, 6.07) is 21.1. The van der Waals surface area contributed by atoms with Gasteiger partial charge in [-0.2, -0.15) is 0 Å². The first-order chi connectivity index (χ1) is 16.1. The maximum atomic E-state index is 13.0. The van der Waals surface area contributed by atoms with E-state index < -0.39 is 0 Å². The van der Waals surface area contributed by atoms with Crippen molar-refractivity contribution in [1.82, 2.24) is 9.97 Å². The maximum absolute atomic E-state index is 13.0. The molecule has 0 radical (unpaired) electrons. The lowest BCUT2D eigenvalue weighted by Crippen LogP contribution is -2.12. The summed E-state index contributed by atoms with van der Waals surface area (Å²) >= 11 is 0. The Bertz CT molecular complexity index is 1250. The zero-order chi connectivity index (χ0) is 23.2. The topological polar surface area (TPSA) is 84.3 Å². The molecule has 0 aliphatic heterocycles. The van der Waals surface area contributed by atoms with Gasteiger partial charge in [-0.05, 0) is 49.2 Å². The predicted molar refractivity (Wildman–Crippen MR) is 129 cm³/mol. The first-order valence-electron chi connectivity index (χ1n) is 10.7. The Morgan fingerprint density at radius 3 is 2.45 bits per heavy atom. The number of aliphatic hydroxyl groups is 1. The fraction of sp³-hybridized carbons (Fsp3) is 0.148. The van der Waals surface area contributed by atoms with E-state index in [0.717, 1.165) is 33.5 Å². The summed E-state index contributed by atoms with van der Waals surface area (Å²) in [5.41, 5.74) is 6.63. The number of aromatic nitrogens is 2. The number of pyridine rings is 2. The fourth-order valence-electron chi connectivity index (χ4n) is 3.58. The number of carbonyl (C=O) groups is 1. The van der Waals surface area contributed by atoms with Crippen LogP contribution < -0.4 is 10.1 Å². The van der Waals surface area contributed by atoms with Crippen LogP contribution in [0.2, 0.25) is 0 Å². The van der Waals surface area contributed by atoms with Crippen LogP contribution in [0.3, 0.4) is 0 Å². The van der Waals surface area contributed by atoms with E-state index in [9.17, 15) is 4.79 Å². The van der Waals surface area contributed by atoms with Gasteiger partial charge in [-0.3, -0.25) is 9.78 Å². The van der Waals surface area contributed by atoms with Crippen molar-refractivity contribution in [2.24, 2.45) is 0 Å². The molecule has 6 nitrogen and oxygen atoms in total. The van der Waals surface area contributed by atoms with Gasteiger partial charge in [-0.25, -0.2) is 4.98 Å². The van der Waals surface area contributed by atoms with Gasteiger partial charge in [0.25, 0.3) is 5.91 Å². The fourth-order valence-corrected chi connectivity index (χ4v) is 3.58. The van der Waals surface area contributed by atoms with E-state index in [4.69, 9.17) is 9.84 Å². The molecule has 0 bridgehead atoms. The van der Waals surface area contributed by atoms with E-state index >= 15 is 0 Å². The van der Waals surface area contributed by atoms with Gasteiger partial charge in [0.15, 0.2) is 0 Å². The van der Waals surface area contributed by atoms with Gasteiger partial charge in [0.05, 0.1) is 18.4 Å². The Balaban J connectivity index is 1.69. The first kappa shape index (κ1) is 22.2. The number of aliphatic hydroxyl groups excluding tert-OH is 1. The number of amides is 1. The highest BCUT2D eigenvalue weighted by Gasteiger charge is 2.15. The number of methoxy groups -OCH3 is 1. The van der Waals surface area contributed by atoms with Crippen molar-refractivity contribution in [3.8, 4) is 28.3 Å². The highest BCUT2D eigenvalue weighted by molar-refractivity contribution is 6.05. The molecule has 0 atom stereocenters. The standard InChI is InChI=1S/C27H25N3O3/c1-18-4-3-5-20(14-18)26-24(21-8-11-25(33-2)28-16-21)15-22(17-29-26)27(32)30-23-9-6-19(7-10-23)12-13-31/h3-11,14-17,31H,12-13H2,1-2H3,(H,30,32). The average molecular weight is 440 g/mol. The molecule has 0 saturated carbocycles. The molecule has 6 heteroatoms.